The van der Waals surface area contributed by atoms with Crippen LogP contribution in [-0.4, -0.2) is 53.0 Å². The summed E-state index contributed by atoms with van der Waals surface area (Å²) in [6.45, 7) is 5.86. The molecule has 0 aliphatic carbocycles. The van der Waals surface area contributed by atoms with Crippen LogP contribution in [0.25, 0.3) is 0 Å². The predicted octanol–water partition coefficient (Wildman–Crippen LogP) is 0.652. The molecule has 0 aliphatic heterocycles. The highest BCUT2D eigenvalue weighted by Gasteiger charge is 2.10. The molecule has 0 saturated carbocycles. The van der Waals surface area contributed by atoms with Crippen molar-refractivity contribution in [3.63, 3.8) is 0 Å². The van der Waals surface area contributed by atoms with Crippen LogP contribution in [0.5, 0.6) is 0 Å². The standard InChI is InChI=1S/C13H24N4O2/c1-3-5-11-15-12(14-4-2)10-13(16-11)17(6-8-18)7-9-19/h10,18-19H,3-9H2,1-2H3,(H,14,15,16). The maximum Gasteiger partial charge on any atom is 0.134 e. The van der Waals surface area contributed by atoms with Crippen LogP contribution in [0.3, 0.4) is 0 Å². The Hall–Kier alpha value is -1.40. The Kier molecular flexibility index (Phi) is 7.14. The van der Waals surface area contributed by atoms with Crippen molar-refractivity contribution in [2.24, 2.45) is 0 Å². The first-order valence-electron chi connectivity index (χ1n) is 6.83. The second-order valence-corrected chi connectivity index (χ2v) is 4.24. The van der Waals surface area contributed by atoms with Gasteiger partial charge in [-0.15, -0.1) is 0 Å². The minimum atomic E-state index is 0.0314. The average Bonchev–Trinajstić information content (AvgIpc) is 2.39. The van der Waals surface area contributed by atoms with E-state index in [2.05, 4.69) is 22.2 Å². The van der Waals surface area contributed by atoms with Gasteiger partial charge in [0.05, 0.1) is 13.2 Å². The molecule has 0 aromatic carbocycles. The molecule has 0 radical (unpaired) electrons. The Morgan fingerprint density at radius 3 is 2.37 bits per heavy atom. The Morgan fingerprint density at radius 2 is 1.84 bits per heavy atom. The van der Waals surface area contributed by atoms with Crippen molar-refractivity contribution >= 4 is 11.6 Å². The molecule has 0 saturated heterocycles. The van der Waals surface area contributed by atoms with Crippen LogP contribution in [0.1, 0.15) is 26.1 Å². The first-order chi connectivity index (χ1) is 9.24. The molecular weight excluding hydrogens is 244 g/mol. The third kappa shape index (κ3) is 5.00. The quantitative estimate of drug-likeness (QED) is 0.610. The lowest BCUT2D eigenvalue weighted by Crippen LogP contribution is -2.31. The molecule has 108 valence electrons. The fourth-order valence-corrected chi connectivity index (χ4v) is 1.83. The Bertz CT molecular complexity index is 343. The molecule has 0 atom stereocenters. The van der Waals surface area contributed by atoms with Crippen LogP contribution >= 0.6 is 0 Å². The number of aryl methyl sites for hydroxylation is 1. The van der Waals surface area contributed by atoms with E-state index in [-0.39, 0.29) is 13.2 Å². The molecule has 19 heavy (non-hydrogen) atoms. The molecule has 3 N–H and O–H groups in total. The first kappa shape index (κ1) is 15.7. The second-order valence-electron chi connectivity index (χ2n) is 4.24. The van der Waals surface area contributed by atoms with E-state index in [9.17, 15) is 0 Å². The summed E-state index contributed by atoms with van der Waals surface area (Å²) in [5, 5.41) is 21.4. The number of aromatic nitrogens is 2. The van der Waals surface area contributed by atoms with Gasteiger partial charge in [0.15, 0.2) is 0 Å². The highest BCUT2D eigenvalue weighted by Crippen LogP contribution is 2.16. The van der Waals surface area contributed by atoms with Gasteiger partial charge in [0.1, 0.15) is 17.5 Å². The zero-order valence-corrected chi connectivity index (χ0v) is 11.8. The zero-order chi connectivity index (χ0) is 14.1. The smallest absolute Gasteiger partial charge is 0.134 e. The molecule has 6 nitrogen and oxygen atoms in total. The molecule has 0 unspecified atom stereocenters. The summed E-state index contributed by atoms with van der Waals surface area (Å²) in [5.74, 6) is 2.33. The van der Waals surface area contributed by atoms with Crippen LogP contribution in [-0.2, 0) is 6.42 Å². The zero-order valence-electron chi connectivity index (χ0n) is 11.8. The van der Waals surface area contributed by atoms with E-state index in [1.807, 2.05) is 17.9 Å². The number of aliphatic hydroxyl groups excluding tert-OH is 2. The van der Waals surface area contributed by atoms with Gasteiger partial charge in [-0.3, -0.25) is 0 Å². The maximum atomic E-state index is 9.09. The molecule has 1 aromatic rings. The monoisotopic (exact) mass is 268 g/mol. The number of nitrogens with zero attached hydrogens (tertiary/aromatic N) is 3. The Labute approximate surface area is 114 Å². The third-order valence-electron chi connectivity index (χ3n) is 2.65. The van der Waals surface area contributed by atoms with E-state index >= 15 is 0 Å². The van der Waals surface area contributed by atoms with Crippen molar-refractivity contribution in [3.8, 4) is 0 Å². The number of nitrogens with one attached hydrogen (secondary N) is 1. The van der Waals surface area contributed by atoms with Gasteiger partial charge in [-0.2, -0.15) is 0 Å². The van der Waals surface area contributed by atoms with Gasteiger partial charge in [-0.05, 0) is 13.3 Å². The largest absolute Gasteiger partial charge is 0.395 e. The Morgan fingerprint density at radius 1 is 1.16 bits per heavy atom. The normalized spacial score (nSPS) is 10.5. The number of hydrogen-bond acceptors (Lipinski definition) is 6. The predicted molar refractivity (Wildman–Crippen MR) is 76.6 cm³/mol. The average molecular weight is 268 g/mol. The van der Waals surface area contributed by atoms with Crippen LogP contribution in [0.2, 0.25) is 0 Å². The minimum absolute atomic E-state index is 0.0314. The van der Waals surface area contributed by atoms with Crippen molar-refractivity contribution in [2.45, 2.75) is 26.7 Å². The van der Waals surface area contributed by atoms with Gasteiger partial charge in [-0.25, -0.2) is 9.97 Å². The van der Waals surface area contributed by atoms with Crippen LogP contribution in [0.4, 0.5) is 11.6 Å². The number of hydrogen-bond donors (Lipinski definition) is 3. The molecule has 1 heterocycles. The molecule has 0 amide bonds. The summed E-state index contributed by atoms with van der Waals surface area (Å²) < 4.78 is 0. The highest BCUT2D eigenvalue weighted by molar-refractivity contribution is 5.49. The van der Waals surface area contributed by atoms with E-state index in [4.69, 9.17) is 10.2 Å². The highest BCUT2D eigenvalue weighted by atomic mass is 16.3. The summed E-state index contributed by atoms with van der Waals surface area (Å²) in [6, 6.07) is 1.86. The third-order valence-corrected chi connectivity index (χ3v) is 2.65. The molecule has 0 bridgehead atoms. The molecule has 6 heteroatoms. The molecule has 1 rings (SSSR count). The summed E-state index contributed by atoms with van der Waals surface area (Å²) in [7, 11) is 0. The lowest BCUT2D eigenvalue weighted by atomic mass is 10.3. The minimum Gasteiger partial charge on any atom is -0.395 e. The molecule has 0 spiro atoms. The number of aliphatic hydroxyl groups is 2. The van der Waals surface area contributed by atoms with Crippen LogP contribution in [0.15, 0.2) is 6.07 Å². The fraction of sp³-hybridized carbons (Fsp3) is 0.692. The number of anilines is 2. The first-order valence-corrected chi connectivity index (χ1v) is 6.83. The van der Waals surface area contributed by atoms with Gasteiger partial charge >= 0.3 is 0 Å². The fourth-order valence-electron chi connectivity index (χ4n) is 1.83. The van der Waals surface area contributed by atoms with Crippen molar-refractivity contribution in [1.29, 1.82) is 0 Å². The lowest BCUT2D eigenvalue weighted by molar-refractivity contribution is 0.280. The van der Waals surface area contributed by atoms with Crippen molar-refractivity contribution in [1.82, 2.24) is 9.97 Å². The summed E-state index contributed by atoms with van der Waals surface area (Å²) in [5.41, 5.74) is 0. The summed E-state index contributed by atoms with van der Waals surface area (Å²) >= 11 is 0. The molecule has 0 fully saturated rings. The Balaban J connectivity index is 3.00. The van der Waals surface area contributed by atoms with Crippen LogP contribution < -0.4 is 10.2 Å². The van der Waals surface area contributed by atoms with Gasteiger partial charge < -0.3 is 20.4 Å². The molecule has 1 aromatic heterocycles. The van der Waals surface area contributed by atoms with Crippen molar-refractivity contribution in [2.75, 3.05) is 43.1 Å². The molecule has 0 aliphatic rings. The van der Waals surface area contributed by atoms with E-state index in [0.29, 0.717) is 13.1 Å². The molecular formula is C13H24N4O2. The van der Waals surface area contributed by atoms with E-state index in [1.54, 1.807) is 0 Å². The van der Waals surface area contributed by atoms with Gasteiger partial charge in [0.2, 0.25) is 0 Å². The summed E-state index contributed by atoms with van der Waals surface area (Å²) in [6.07, 6.45) is 1.80. The van der Waals surface area contributed by atoms with E-state index in [0.717, 1.165) is 36.8 Å². The van der Waals surface area contributed by atoms with Crippen molar-refractivity contribution in [3.05, 3.63) is 11.9 Å². The van der Waals surface area contributed by atoms with Crippen molar-refractivity contribution < 1.29 is 10.2 Å². The van der Waals surface area contributed by atoms with E-state index < -0.39 is 0 Å². The van der Waals surface area contributed by atoms with E-state index in [1.165, 1.54) is 0 Å². The van der Waals surface area contributed by atoms with Crippen LogP contribution in [0, 0.1) is 0 Å². The topological polar surface area (TPSA) is 81.5 Å². The lowest BCUT2D eigenvalue weighted by Gasteiger charge is -2.22. The second kappa shape index (κ2) is 8.66. The summed E-state index contributed by atoms with van der Waals surface area (Å²) in [4.78, 5) is 10.8. The van der Waals surface area contributed by atoms with Gasteiger partial charge in [0, 0.05) is 32.1 Å². The number of rotatable bonds is 9. The SMILES string of the molecule is CCCc1nc(NCC)cc(N(CCO)CCO)n1. The van der Waals surface area contributed by atoms with Gasteiger partial charge in [0.25, 0.3) is 0 Å². The van der Waals surface area contributed by atoms with Gasteiger partial charge in [-0.1, -0.05) is 6.92 Å². The maximum absolute atomic E-state index is 9.09.